The van der Waals surface area contributed by atoms with E-state index in [0.717, 1.165) is 32.7 Å². The molecule has 1 heterocycles. The number of amides is 1. The van der Waals surface area contributed by atoms with Crippen LogP contribution in [0.5, 0.6) is 0 Å². The fraction of sp³-hybridized carbons (Fsp3) is 0.933. The maximum absolute atomic E-state index is 12.2. The van der Waals surface area contributed by atoms with E-state index in [2.05, 4.69) is 22.5 Å². The maximum atomic E-state index is 12.2. The number of hydrogen-bond donors (Lipinski definition) is 2. The van der Waals surface area contributed by atoms with E-state index >= 15 is 0 Å². The predicted octanol–water partition coefficient (Wildman–Crippen LogP) is 1.37. The van der Waals surface area contributed by atoms with E-state index in [-0.39, 0.29) is 11.8 Å². The van der Waals surface area contributed by atoms with Crippen LogP contribution < -0.4 is 10.6 Å². The number of nitrogens with zero attached hydrogens (tertiary/aromatic N) is 1. The molecule has 19 heavy (non-hydrogen) atoms. The summed E-state index contributed by atoms with van der Waals surface area (Å²) >= 11 is 0. The van der Waals surface area contributed by atoms with E-state index in [0.29, 0.717) is 6.04 Å². The summed E-state index contributed by atoms with van der Waals surface area (Å²) in [5, 5.41) is 6.61. The molecule has 1 unspecified atom stereocenters. The van der Waals surface area contributed by atoms with Crippen LogP contribution in [0.15, 0.2) is 0 Å². The van der Waals surface area contributed by atoms with Crippen molar-refractivity contribution in [1.82, 2.24) is 15.5 Å². The quantitative estimate of drug-likeness (QED) is 0.756. The van der Waals surface area contributed by atoms with Crippen LogP contribution in [0.1, 0.15) is 45.4 Å². The Morgan fingerprint density at radius 3 is 2.47 bits per heavy atom. The van der Waals surface area contributed by atoms with Crippen molar-refractivity contribution in [2.45, 2.75) is 51.5 Å². The molecule has 0 aromatic carbocycles. The van der Waals surface area contributed by atoms with Crippen molar-refractivity contribution in [1.29, 1.82) is 0 Å². The van der Waals surface area contributed by atoms with E-state index < -0.39 is 0 Å². The third-order valence-electron chi connectivity index (χ3n) is 4.39. The Labute approximate surface area is 117 Å². The standard InChI is InChI=1S/C15H29N3O/c1-13(12-18-10-8-16-9-11-18)15(19)17-14-6-4-2-3-5-7-14/h13-14,16H,2-12H2,1H3,(H,17,19). The Balaban J connectivity index is 1.71. The van der Waals surface area contributed by atoms with Crippen molar-refractivity contribution in [3.05, 3.63) is 0 Å². The van der Waals surface area contributed by atoms with Gasteiger partial charge >= 0.3 is 0 Å². The highest BCUT2D eigenvalue weighted by Gasteiger charge is 2.21. The molecule has 1 amide bonds. The maximum Gasteiger partial charge on any atom is 0.224 e. The summed E-state index contributed by atoms with van der Waals surface area (Å²) in [5.74, 6) is 0.367. The van der Waals surface area contributed by atoms with Crippen molar-refractivity contribution in [2.75, 3.05) is 32.7 Å². The molecule has 1 aliphatic carbocycles. The van der Waals surface area contributed by atoms with E-state index in [1.54, 1.807) is 0 Å². The third-order valence-corrected chi connectivity index (χ3v) is 4.39. The average Bonchev–Trinajstić information content (AvgIpc) is 2.68. The van der Waals surface area contributed by atoms with Crippen LogP contribution in [-0.2, 0) is 4.79 Å². The molecule has 2 fully saturated rings. The first-order valence-electron chi connectivity index (χ1n) is 7.99. The zero-order chi connectivity index (χ0) is 13.5. The van der Waals surface area contributed by atoms with Gasteiger partial charge in [-0.2, -0.15) is 0 Å². The molecule has 0 bridgehead atoms. The molecule has 2 aliphatic rings. The summed E-state index contributed by atoms with van der Waals surface area (Å²) in [6, 6.07) is 0.431. The van der Waals surface area contributed by atoms with Gasteiger partial charge < -0.3 is 15.5 Å². The molecule has 1 saturated carbocycles. The average molecular weight is 267 g/mol. The molecule has 4 nitrogen and oxygen atoms in total. The van der Waals surface area contributed by atoms with Crippen LogP contribution in [0.25, 0.3) is 0 Å². The number of rotatable bonds is 4. The van der Waals surface area contributed by atoms with Gasteiger partial charge in [0.15, 0.2) is 0 Å². The van der Waals surface area contributed by atoms with Gasteiger partial charge in [0, 0.05) is 44.7 Å². The second kappa shape index (κ2) is 7.85. The lowest BCUT2D eigenvalue weighted by atomic mass is 10.1. The number of carbonyl (C=O) groups excluding carboxylic acids is 1. The molecule has 0 spiro atoms. The lowest BCUT2D eigenvalue weighted by molar-refractivity contribution is -0.125. The highest BCUT2D eigenvalue weighted by Crippen LogP contribution is 2.17. The van der Waals surface area contributed by atoms with Crippen molar-refractivity contribution in [2.24, 2.45) is 5.92 Å². The summed E-state index contributed by atoms with van der Waals surface area (Å²) < 4.78 is 0. The SMILES string of the molecule is CC(CN1CCNCC1)C(=O)NC1CCCCCC1. The Hall–Kier alpha value is -0.610. The monoisotopic (exact) mass is 267 g/mol. The Morgan fingerprint density at radius 1 is 1.21 bits per heavy atom. The van der Waals surface area contributed by atoms with Crippen molar-refractivity contribution >= 4 is 5.91 Å². The van der Waals surface area contributed by atoms with E-state index in [9.17, 15) is 4.79 Å². The topological polar surface area (TPSA) is 44.4 Å². The number of hydrogen-bond acceptors (Lipinski definition) is 3. The summed E-state index contributed by atoms with van der Waals surface area (Å²) in [5.41, 5.74) is 0. The van der Waals surface area contributed by atoms with Gasteiger partial charge in [-0.1, -0.05) is 32.6 Å². The molecule has 2 N–H and O–H groups in total. The van der Waals surface area contributed by atoms with Crippen LogP contribution >= 0.6 is 0 Å². The molecule has 1 aliphatic heterocycles. The number of nitrogens with one attached hydrogen (secondary N) is 2. The Morgan fingerprint density at radius 2 is 1.84 bits per heavy atom. The van der Waals surface area contributed by atoms with Gasteiger partial charge in [0.05, 0.1) is 0 Å². The van der Waals surface area contributed by atoms with Crippen LogP contribution in [-0.4, -0.2) is 49.6 Å². The van der Waals surface area contributed by atoms with Gasteiger partial charge in [0.2, 0.25) is 5.91 Å². The van der Waals surface area contributed by atoms with Gasteiger partial charge in [-0.25, -0.2) is 0 Å². The zero-order valence-electron chi connectivity index (χ0n) is 12.3. The summed E-state index contributed by atoms with van der Waals surface area (Å²) in [7, 11) is 0. The van der Waals surface area contributed by atoms with Gasteiger partial charge in [-0.3, -0.25) is 4.79 Å². The number of carbonyl (C=O) groups is 1. The summed E-state index contributed by atoms with van der Waals surface area (Å²) in [6.07, 6.45) is 7.57. The molecule has 110 valence electrons. The minimum absolute atomic E-state index is 0.112. The fourth-order valence-corrected chi connectivity index (χ4v) is 3.13. The number of piperazine rings is 1. The predicted molar refractivity (Wildman–Crippen MR) is 78.1 cm³/mol. The van der Waals surface area contributed by atoms with E-state index in [4.69, 9.17) is 0 Å². The minimum Gasteiger partial charge on any atom is -0.353 e. The van der Waals surface area contributed by atoms with Crippen molar-refractivity contribution < 1.29 is 4.79 Å². The Bertz CT molecular complexity index is 269. The fourth-order valence-electron chi connectivity index (χ4n) is 3.13. The van der Waals surface area contributed by atoms with Crippen LogP contribution in [0, 0.1) is 5.92 Å². The smallest absolute Gasteiger partial charge is 0.224 e. The normalized spacial score (nSPS) is 24.7. The molecule has 0 aromatic rings. The third kappa shape index (κ3) is 5.11. The lowest BCUT2D eigenvalue weighted by Gasteiger charge is -2.29. The molecule has 0 aromatic heterocycles. The molecule has 0 radical (unpaired) electrons. The van der Waals surface area contributed by atoms with Crippen molar-refractivity contribution in [3.63, 3.8) is 0 Å². The molecule has 2 rings (SSSR count). The van der Waals surface area contributed by atoms with Gasteiger partial charge in [0.25, 0.3) is 0 Å². The first-order valence-corrected chi connectivity index (χ1v) is 7.99. The van der Waals surface area contributed by atoms with Gasteiger partial charge in [0.1, 0.15) is 0 Å². The second-order valence-corrected chi connectivity index (χ2v) is 6.15. The Kier molecular flexibility index (Phi) is 6.11. The first-order chi connectivity index (χ1) is 9.25. The van der Waals surface area contributed by atoms with Crippen LogP contribution in [0.3, 0.4) is 0 Å². The van der Waals surface area contributed by atoms with Gasteiger partial charge in [-0.05, 0) is 12.8 Å². The summed E-state index contributed by atoms with van der Waals surface area (Å²) in [4.78, 5) is 14.6. The molecular formula is C15H29N3O. The summed E-state index contributed by atoms with van der Waals surface area (Å²) in [6.45, 7) is 7.21. The highest BCUT2D eigenvalue weighted by molar-refractivity contribution is 5.78. The molecular weight excluding hydrogens is 238 g/mol. The van der Waals surface area contributed by atoms with Crippen LogP contribution in [0.2, 0.25) is 0 Å². The lowest BCUT2D eigenvalue weighted by Crippen LogP contribution is -2.48. The zero-order valence-corrected chi connectivity index (χ0v) is 12.3. The molecule has 1 saturated heterocycles. The highest BCUT2D eigenvalue weighted by atomic mass is 16.1. The first kappa shape index (κ1) is 14.8. The minimum atomic E-state index is 0.112. The largest absolute Gasteiger partial charge is 0.353 e. The van der Waals surface area contributed by atoms with E-state index in [1.165, 1.54) is 38.5 Å². The van der Waals surface area contributed by atoms with E-state index in [1.807, 2.05) is 0 Å². The van der Waals surface area contributed by atoms with Crippen LogP contribution in [0.4, 0.5) is 0 Å². The second-order valence-electron chi connectivity index (χ2n) is 6.15. The molecule has 4 heteroatoms. The van der Waals surface area contributed by atoms with Crippen molar-refractivity contribution in [3.8, 4) is 0 Å². The van der Waals surface area contributed by atoms with Gasteiger partial charge in [-0.15, -0.1) is 0 Å². The molecule has 1 atom stereocenters.